The van der Waals surface area contributed by atoms with Gasteiger partial charge in [0.25, 0.3) is 11.6 Å². The van der Waals surface area contributed by atoms with E-state index in [9.17, 15) is 14.9 Å². The number of para-hydroxylation sites is 2. The Kier molecular flexibility index (Phi) is 7.04. The Morgan fingerprint density at radius 1 is 1.23 bits per heavy atom. The number of thiocarbonyl (C=S) groups is 1. The van der Waals surface area contributed by atoms with Crippen LogP contribution in [0, 0.1) is 10.1 Å². The number of hydrogen-bond donors (Lipinski definition) is 2. The molecule has 0 bridgehead atoms. The molecule has 0 aromatic heterocycles. The number of anilines is 1. The van der Waals surface area contributed by atoms with Crippen LogP contribution in [0.15, 0.2) is 48.5 Å². The van der Waals surface area contributed by atoms with Crippen LogP contribution in [-0.2, 0) is 0 Å². The lowest BCUT2D eigenvalue weighted by Crippen LogP contribution is -2.34. The van der Waals surface area contributed by atoms with Crippen LogP contribution in [0.25, 0.3) is 0 Å². The zero-order valence-corrected chi connectivity index (χ0v) is 15.0. The van der Waals surface area contributed by atoms with Gasteiger partial charge in [0.1, 0.15) is 11.4 Å². The predicted molar refractivity (Wildman–Crippen MR) is 104 cm³/mol. The van der Waals surface area contributed by atoms with Crippen LogP contribution >= 0.6 is 12.2 Å². The van der Waals surface area contributed by atoms with E-state index in [0.29, 0.717) is 17.9 Å². The maximum absolute atomic E-state index is 12.3. The lowest BCUT2D eigenvalue weighted by molar-refractivity contribution is -0.383. The van der Waals surface area contributed by atoms with Crippen LogP contribution in [-0.4, -0.2) is 22.5 Å². The largest absolute Gasteiger partial charge is 0.494 e. The second-order valence-corrected chi connectivity index (χ2v) is 5.82. The Morgan fingerprint density at radius 2 is 2.00 bits per heavy atom. The highest BCUT2D eigenvalue weighted by molar-refractivity contribution is 7.80. The molecule has 0 saturated carbocycles. The van der Waals surface area contributed by atoms with Gasteiger partial charge in [-0.25, -0.2) is 0 Å². The molecular weight excluding hydrogens is 354 g/mol. The minimum absolute atomic E-state index is 0.0263. The van der Waals surface area contributed by atoms with E-state index in [0.717, 1.165) is 12.8 Å². The molecule has 0 spiro atoms. The Balaban J connectivity index is 2.00. The molecular formula is C18H19N3O4S. The summed E-state index contributed by atoms with van der Waals surface area (Å²) >= 11 is 5.08. The van der Waals surface area contributed by atoms with E-state index in [2.05, 4.69) is 17.6 Å². The van der Waals surface area contributed by atoms with Gasteiger partial charge >= 0.3 is 0 Å². The van der Waals surface area contributed by atoms with Crippen LogP contribution < -0.4 is 15.4 Å². The van der Waals surface area contributed by atoms with Crippen molar-refractivity contribution in [2.45, 2.75) is 19.8 Å². The van der Waals surface area contributed by atoms with E-state index >= 15 is 0 Å². The van der Waals surface area contributed by atoms with Gasteiger partial charge in [-0.2, -0.15) is 0 Å². The molecule has 0 radical (unpaired) electrons. The third-order valence-corrected chi connectivity index (χ3v) is 3.64. The Labute approximate surface area is 156 Å². The number of unbranched alkanes of at least 4 members (excludes halogenated alkanes) is 1. The van der Waals surface area contributed by atoms with Gasteiger partial charge in [0.05, 0.1) is 11.5 Å². The van der Waals surface area contributed by atoms with Crippen LogP contribution in [0.2, 0.25) is 0 Å². The van der Waals surface area contributed by atoms with Gasteiger partial charge in [0.15, 0.2) is 5.11 Å². The van der Waals surface area contributed by atoms with Crippen LogP contribution in [0.3, 0.4) is 0 Å². The third kappa shape index (κ3) is 5.52. The minimum atomic E-state index is -0.524. The smallest absolute Gasteiger partial charge is 0.292 e. The maximum atomic E-state index is 12.3. The molecule has 0 atom stereocenters. The number of nitrogens with zero attached hydrogens (tertiary/aromatic N) is 1. The highest BCUT2D eigenvalue weighted by Crippen LogP contribution is 2.23. The van der Waals surface area contributed by atoms with Gasteiger partial charge in [0.2, 0.25) is 0 Å². The fourth-order valence-corrected chi connectivity index (χ4v) is 2.33. The highest BCUT2D eigenvalue weighted by atomic mass is 32.1. The van der Waals surface area contributed by atoms with Crippen molar-refractivity contribution >= 4 is 34.6 Å². The van der Waals surface area contributed by atoms with Crippen LogP contribution in [0.1, 0.15) is 30.1 Å². The van der Waals surface area contributed by atoms with Crippen LogP contribution in [0.4, 0.5) is 11.4 Å². The second kappa shape index (κ2) is 9.47. The molecule has 136 valence electrons. The molecule has 7 nitrogen and oxygen atoms in total. The summed E-state index contributed by atoms with van der Waals surface area (Å²) in [6.07, 6.45) is 1.95. The average molecular weight is 373 g/mol. The molecule has 0 unspecified atom stereocenters. The fourth-order valence-electron chi connectivity index (χ4n) is 2.13. The molecule has 8 heteroatoms. The number of benzene rings is 2. The number of amides is 1. The molecule has 0 aliphatic heterocycles. The summed E-state index contributed by atoms with van der Waals surface area (Å²) in [5.41, 5.74) is 0.459. The van der Waals surface area contributed by atoms with Crippen molar-refractivity contribution in [1.29, 1.82) is 0 Å². The van der Waals surface area contributed by atoms with Gasteiger partial charge < -0.3 is 10.1 Å². The topological polar surface area (TPSA) is 93.5 Å². The summed E-state index contributed by atoms with van der Waals surface area (Å²) in [4.78, 5) is 22.8. The monoisotopic (exact) mass is 373 g/mol. The van der Waals surface area contributed by atoms with E-state index in [-0.39, 0.29) is 16.5 Å². The van der Waals surface area contributed by atoms with Gasteiger partial charge in [-0.3, -0.25) is 20.2 Å². The van der Waals surface area contributed by atoms with Crippen molar-refractivity contribution in [3.05, 3.63) is 64.2 Å². The molecule has 2 N–H and O–H groups in total. The fraction of sp³-hybridized carbons (Fsp3) is 0.222. The quantitative estimate of drug-likeness (QED) is 0.331. The second-order valence-electron chi connectivity index (χ2n) is 5.41. The zero-order valence-electron chi connectivity index (χ0n) is 14.2. The van der Waals surface area contributed by atoms with Gasteiger partial charge in [0, 0.05) is 11.6 Å². The standard InChI is InChI=1S/C18H19N3O4S/c1-2-3-11-25-14-8-6-7-13(12-14)17(22)20-18(26)19-15-9-4-5-10-16(15)21(23)24/h4-10,12H,2-3,11H2,1H3,(H2,19,20,22,26). The summed E-state index contributed by atoms with van der Waals surface area (Å²) in [6, 6.07) is 12.8. The zero-order chi connectivity index (χ0) is 18.9. The number of nitro benzene ring substituents is 1. The Morgan fingerprint density at radius 3 is 2.73 bits per heavy atom. The van der Waals surface area contributed by atoms with Crippen molar-refractivity contribution < 1.29 is 14.5 Å². The van der Waals surface area contributed by atoms with E-state index in [4.69, 9.17) is 17.0 Å². The molecule has 2 aromatic rings. The van der Waals surface area contributed by atoms with Gasteiger partial charge in [-0.05, 0) is 42.9 Å². The maximum Gasteiger partial charge on any atom is 0.292 e. The Bertz CT molecular complexity index is 811. The number of carbonyl (C=O) groups excluding carboxylic acids is 1. The van der Waals surface area contributed by atoms with Crippen molar-refractivity contribution in [2.75, 3.05) is 11.9 Å². The molecule has 0 saturated heterocycles. The molecule has 1 amide bonds. The first-order chi connectivity index (χ1) is 12.5. The van der Waals surface area contributed by atoms with Gasteiger partial charge in [-0.1, -0.05) is 31.5 Å². The first kappa shape index (κ1) is 19.3. The minimum Gasteiger partial charge on any atom is -0.494 e. The first-order valence-corrected chi connectivity index (χ1v) is 8.50. The summed E-state index contributed by atoms with van der Waals surface area (Å²) in [7, 11) is 0. The van der Waals surface area contributed by atoms with Crippen molar-refractivity contribution in [3.8, 4) is 5.75 Å². The van der Waals surface area contributed by atoms with Crippen molar-refractivity contribution in [2.24, 2.45) is 0 Å². The third-order valence-electron chi connectivity index (χ3n) is 3.44. The lowest BCUT2D eigenvalue weighted by Gasteiger charge is -2.11. The van der Waals surface area contributed by atoms with E-state index in [1.807, 2.05) is 0 Å². The summed E-state index contributed by atoms with van der Waals surface area (Å²) in [5, 5.41) is 16.2. The molecule has 0 aliphatic carbocycles. The molecule has 0 aliphatic rings. The number of ether oxygens (including phenoxy) is 1. The van der Waals surface area contributed by atoms with Crippen LogP contribution in [0.5, 0.6) is 5.75 Å². The Hall–Kier alpha value is -3.00. The molecule has 0 fully saturated rings. The molecule has 26 heavy (non-hydrogen) atoms. The predicted octanol–water partition coefficient (Wildman–Crippen LogP) is 3.90. The van der Waals surface area contributed by atoms with Crippen molar-refractivity contribution in [1.82, 2.24) is 5.32 Å². The number of nitrogens with one attached hydrogen (secondary N) is 2. The van der Waals surface area contributed by atoms with E-state index in [1.165, 1.54) is 12.1 Å². The molecule has 2 aromatic carbocycles. The normalized spacial score (nSPS) is 10.0. The summed E-state index contributed by atoms with van der Waals surface area (Å²) in [6.45, 7) is 2.65. The number of hydrogen-bond acceptors (Lipinski definition) is 5. The number of nitro groups is 1. The summed E-state index contributed by atoms with van der Waals surface area (Å²) < 4.78 is 5.58. The van der Waals surface area contributed by atoms with Gasteiger partial charge in [-0.15, -0.1) is 0 Å². The van der Waals surface area contributed by atoms with E-state index in [1.54, 1.807) is 36.4 Å². The van der Waals surface area contributed by atoms with E-state index < -0.39 is 10.8 Å². The molecule has 2 rings (SSSR count). The van der Waals surface area contributed by atoms with Crippen molar-refractivity contribution in [3.63, 3.8) is 0 Å². The lowest BCUT2D eigenvalue weighted by atomic mass is 10.2. The number of rotatable bonds is 7. The summed E-state index contributed by atoms with van der Waals surface area (Å²) in [5.74, 6) is 0.172. The number of carbonyl (C=O) groups is 1. The first-order valence-electron chi connectivity index (χ1n) is 8.10. The molecule has 0 heterocycles. The highest BCUT2D eigenvalue weighted by Gasteiger charge is 2.15. The average Bonchev–Trinajstić information content (AvgIpc) is 2.62. The SMILES string of the molecule is CCCCOc1cccc(C(=O)NC(=S)Nc2ccccc2[N+](=O)[O-])c1.